The molecule has 2 bridgehead atoms. The number of hydrogen-bond acceptors (Lipinski definition) is 8. The molecule has 280 valence electrons. The summed E-state index contributed by atoms with van der Waals surface area (Å²) >= 11 is 0. The molecule has 0 saturated carbocycles. The van der Waals surface area contributed by atoms with E-state index in [1.165, 1.54) is 4.90 Å². The topological polar surface area (TPSA) is 126 Å². The van der Waals surface area contributed by atoms with Gasteiger partial charge in [0.15, 0.2) is 0 Å². The zero-order valence-corrected chi connectivity index (χ0v) is 31.0. The number of aliphatic hydroxyl groups is 1. The Morgan fingerprint density at radius 2 is 1.77 bits per heavy atom. The monoisotopic (exact) mass is 715 g/mol. The van der Waals surface area contributed by atoms with Crippen molar-refractivity contribution in [3.05, 3.63) is 85.5 Å². The number of likely N-dealkylation sites (tertiary alicyclic amines) is 1. The quantitative estimate of drug-likeness (QED) is 0.177. The molecule has 3 saturated heterocycles. The van der Waals surface area contributed by atoms with Gasteiger partial charge in [-0.25, -0.2) is 0 Å². The fourth-order valence-electron chi connectivity index (χ4n) is 8.34. The highest BCUT2D eigenvalue weighted by Gasteiger charge is 2.75. The Balaban J connectivity index is 1.53. The molecule has 0 aliphatic carbocycles. The molecule has 3 aliphatic heterocycles. The van der Waals surface area contributed by atoms with Crippen LogP contribution >= 0.6 is 0 Å². The van der Waals surface area contributed by atoms with Crippen LogP contribution in [0.15, 0.2) is 79.9 Å². The van der Waals surface area contributed by atoms with Gasteiger partial charge in [0.25, 0.3) is 5.91 Å². The molecule has 0 radical (unpaired) electrons. The average molecular weight is 716 g/mol. The van der Waals surface area contributed by atoms with E-state index in [9.17, 15) is 24.3 Å². The number of benzene rings is 2. The first-order valence-corrected chi connectivity index (χ1v) is 18.2. The summed E-state index contributed by atoms with van der Waals surface area (Å²) in [7, 11) is 3.25. The Hall–Kier alpha value is -4.48. The van der Waals surface area contributed by atoms with Crippen molar-refractivity contribution >= 4 is 29.4 Å². The lowest BCUT2D eigenvalue weighted by Crippen LogP contribution is -2.59. The van der Waals surface area contributed by atoms with Crippen molar-refractivity contribution in [2.45, 2.75) is 88.8 Å². The van der Waals surface area contributed by atoms with E-state index in [1.807, 2.05) is 51.1 Å². The lowest BCUT2D eigenvalue weighted by molar-refractivity contribution is -0.165. The van der Waals surface area contributed by atoms with E-state index in [4.69, 9.17) is 14.2 Å². The maximum absolute atomic E-state index is 15.0. The molecule has 5 rings (SSSR count). The standard InChI is InChI=1S/C41H53N3O8/c1-8-10-16-33(46)42(6)27(5)36(28-14-12-11-13-15-28)51-40(49)34-32-21-22-41(52-32)35(34)38(47)44(30(25-45)24-26(3)4)37(41)39(48)43(23-9-2)29-17-19-31(50-7)20-18-29/h8-9,11-15,17-20,26-27,30,32,34-37,45H,1-2,10,16,21-25H2,3-7H3/t27-,30-,32+,34-,35-,36+,37+,41-/m1/s1. The van der Waals surface area contributed by atoms with Crippen molar-refractivity contribution in [1.82, 2.24) is 9.80 Å². The van der Waals surface area contributed by atoms with Crippen molar-refractivity contribution in [3.8, 4) is 5.75 Å². The van der Waals surface area contributed by atoms with Gasteiger partial charge in [0.1, 0.15) is 23.5 Å². The molecule has 3 fully saturated rings. The minimum absolute atomic E-state index is 0.0989. The number of allylic oxidation sites excluding steroid dienone is 1. The number of carbonyl (C=O) groups is 4. The number of amides is 3. The fourth-order valence-corrected chi connectivity index (χ4v) is 8.34. The molecule has 8 atom stereocenters. The summed E-state index contributed by atoms with van der Waals surface area (Å²) in [5, 5.41) is 10.7. The normalized spacial score (nSPS) is 24.9. The first-order valence-electron chi connectivity index (χ1n) is 18.2. The predicted molar refractivity (Wildman–Crippen MR) is 197 cm³/mol. The van der Waals surface area contributed by atoms with Gasteiger partial charge in [-0.05, 0) is 68.4 Å². The zero-order chi connectivity index (χ0) is 37.7. The largest absolute Gasteiger partial charge is 0.497 e. The summed E-state index contributed by atoms with van der Waals surface area (Å²) < 4.78 is 18.4. The summed E-state index contributed by atoms with van der Waals surface area (Å²) in [5.74, 6) is -2.80. The van der Waals surface area contributed by atoms with E-state index >= 15 is 0 Å². The second-order valence-corrected chi connectivity index (χ2v) is 14.5. The molecular formula is C41H53N3O8. The van der Waals surface area contributed by atoms with Gasteiger partial charge in [-0.1, -0.05) is 56.3 Å². The Kier molecular flexibility index (Phi) is 12.3. The van der Waals surface area contributed by atoms with E-state index in [1.54, 1.807) is 60.4 Å². The third-order valence-corrected chi connectivity index (χ3v) is 10.9. The molecule has 0 aromatic heterocycles. The third-order valence-electron chi connectivity index (χ3n) is 10.9. The Labute approximate surface area is 307 Å². The van der Waals surface area contributed by atoms with Crippen molar-refractivity contribution in [3.63, 3.8) is 0 Å². The molecule has 11 nitrogen and oxygen atoms in total. The summed E-state index contributed by atoms with van der Waals surface area (Å²) in [6.07, 6.45) is 3.88. The maximum Gasteiger partial charge on any atom is 0.313 e. The number of hydrogen-bond donors (Lipinski definition) is 1. The van der Waals surface area contributed by atoms with Gasteiger partial charge in [0.2, 0.25) is 11.8 Å². The van der Waals surface area contributed by atoms with Crippen molar-refractivity contribution < 1.29 is 38.5 Å². The second-order valence-electron chi connectivity index (χ2n) is 14.5. The number of nitrogens with zero attached hydrogens (tertiary/aromatic N) is 3. The highest BCUT2D eigenvalue weighted by atomic mass is 16.6. The van der Waals surface area contributed by atoms with Gasteiger partial charge in [0, 0.05) is 25.7 Å². The van der Waals surface area contributed by atoms with Gasteiger partial charge in [-0.15, -0.1) is 13.2 Å². The van der Waals surface area contributed by atoms with E-state index in [0.717, 1.165) is 0 Å². The lowest BCUT2D eigenvalue weighted by Gasteiger charge is -2.39. The molecule has 1 spiro atoms. The molecule has 3 heterocycles. The zero-order valence-electron chi connectivity index (χ0n) is 31.0. The molecule has 1 N–H and O–H groups in total. The smallest absolute Gasteiger partial charge is 0.313 e. The number of methoxy groups -OCH3 is 1. The minimum atomic E-state index is -1.32. The first-order chi connectivity index (χ1) is 24.9. The van der Waals surface area contributed by atoms with Crippen LogP contribution in [-0.2, 0) is 28.7 Å². The van der Waals surface area contributed by atoms with Crippen LogP contribution in [0.4, 0.5) is 5.69 Å². The number of fused-ring (bicyclic) bond motifs is 1. The van der Waals surface area contributed by atoms with E-state index in [2.05, 4.69) is 13.2 Å². The molecule has 0 unspecified atom stereocenters. The van der Waals surface area contributed by atoms with Crippen LogP contribution in [-0.4, -0.2) is 95.7 Å². The van der Waals surface area contributed by atoms with E-state index in [-0.39, 0.29) is 37.3 Å². The molecule has 3 aliphatic rings. The summed E-state index contributed by atoms with van der Waals surface area (Å²) in [6, 6.07) is 13.9. The molecule has 2 aromatic carbocycles. The van der Waals surface area contributed by atoms with Gasteiger partial charge < -0.3 is 34.0 Å². The predicted octanol–water partition coefficient (Wildman–Crippen LogP) is 5.09. The van der Waals surface area contributed by atoms with Crippen molar-refractivity contribution in [2.75, 3.05) is 32.2 Å². The number of carbonyl (C=O) groups excluding carboxylic acids is 4. The van der Waals surface area contributed by atoms with E-state index < -0.39 is 59.6 Å². The molecule has 11 heteroatoms. The minimum Gasteiger partial charge on any atom is -0.497 e. The number of esters is 1. The van der Waals surface area contributed by atoms with Gasteiger partial charge in [0.05, 0.1) is 43.7 Å². The number of anilines is 1. The summed E-state index contributed by atoms with van der Waals surface area (Å²) in [4.78, 5) is 62.0. The highest BCUT2D eigenvalue weighted by molar-refractivity contribution is 6.05. The summed E-state index contributed by atoms with van der Waals surface area (Å²) in [5.41, 5.74) is -0.0310. The van der Waals surface area contributed by atoms with Crippen molar-refractivity contribution in [1.29, 1.82) is 0 Å². The second kappa shape index (κ2) is 16.5. The molecule has 2 aromatic rings. The van der Waals surface area contributed by atoms with Gasteiger partial charge in [-0.2, -0.15) is 0 Å². The number of likely N-dealkylation sites (N-methyl/N-ethyl adjacent to an activating group) is 1. The Morgan fingerprint density at radius 1 is 1.08 bits per heavy atom. The van der Waals surface area contributed by atoms with Crippen LogP contribution in [0.5, 0.6) is 5.75 Å². The van der Waals surface area contributed by atoms with Crippen LogP contribution in [0.3, 0.4) is 0 Å². The number of ether oxygens (including phenoxy) is 3. The van der Waals surface area contributed by atoms with Crippen LogP contribution in [0.1, 0.15) is 64.5 Å². The fraction of sp³-hybridized carbons (Fsp3) is 0.512. The summed E-state index contributed by atoms with van der Waals surface area (Å²) in [6.45, 7) is 13.2. The van der Waals surface area contributed by atoms with Crippen molar-refractivity contribution in [2.24, 2.45) is 17.8 Å². The highest BCUT2D eigenvalue weighted by Crippen LogP contribution is 2.59. The van der Waals surface area contributed by atoms with Crippen LogP contribution in [0.2, 0.25) is 0 Å². The average Bonchev–Trinajstić information content (AvgIpc) is 3.80. The van der Waals surface area contributed by atoms with Crippen LogP contribution < -0.4 is 9.64 Å². The van der Waals surface area contributed by atoms with Gasteiger partial charge in [-0.3, -0.25) is 19.2 Å². The SMILES string of the molecule is C=CCCC(=O)N(C)[C@H](C)[C@H](OC(=O)[C@@H]1[C@@H]2CC[C@]3(O2)[C@H](C(=O)N(CC=C)c2ccc(OC)cc2)N([C@@H](CO)CC(C)C)C(=O)[C@@H]13)c1ccccc1. The first kappa shape index (κ1) is 38.7. The number of rotatable bonds is 17. The molecule has 52 heavy (non-hydrogen) atoms. The Morgan fingerprint density at radius 3 is 2.37 bits per heavy atom. The van der Waals surface area contributed by atoms with Gasteiger partial charge >= 0.3 is 5.97 Å². The third kappa shape index (κ3) is 7.25. The molecular weight excluding hydrogens is 662 g/mol. The lowest BCUT2D eigenvalue weighted by atomic mass is 9.70. The maximum atomic E-state index is 15.0. The number of aliphatic hydroxyl groups excluding tert-OH is 1. The molecule has 3 amide bonds. The Bertz CT molecular complexity index is 1610. The van der Waals surface area contributed by atoms with Crippen LogP contribution in [0.25, 0.3) is 0 Å². The van der Waals surface area contributed by atoms with Crippen LogP contribution in [0, 0.1) is 17.8 Å². The van der Waals surface area contributed by atoms with E-state index in [0.29, 0.717) is 42.7 Å².